The van der Waals surface area contributed by atoms with Gasteiger partial charge in [0, 0.05) is 54.0 Å². The predicted octanol–water partition coefficient (Wildman–Crippen LogP) is 14.2. The molecule has 0 saturated heterocycles. The summed E-state index contributed by atoms with van der Waals surface area (Å²) in [4.78, 5) is 10.6. The molecule has 0 atom stereocenters. The van der Waals surface area contributed by atoms with Gasteiger partial charge in [0.2, 0.25) is 5.95 Å². The van der Waals surface area contributed by atoms with E-state index in [2.05, 4.69) is 185 Å². The number of rotatable bonds is 3. The zero-order valence-corrected chi connectivity index (χ0v) is 31.3. The third-order valence-corrected chi connectivity index (χ3v) is 13.2. The first-order chi connectivity index (χ1) is 28.3. The normalized spacial score (nSPS) is 12.2. The zero-order valence-electron chi connectivity index (χ0n) is 30.5. The number of hydrogen-bond donors (Lipinski definition) is 0. The minimum atomic E-state index is 0.668. The standard InChI is InChI=1S/C52H30N4S/c1-2-14-31(15-3-1)32-22-12-23-37-38-24-13-27-46(51(38)57-50(32)37)55-42-25-10-8-20-39(42)47-44(55)28-29-45-48(47)40-21-9-11-26-43(40)56(45)52-53-30-41-35-18-5-4-16-33(35)34-17-6-7-19-36(34)49(41)54-52/h1-30H. The first-order valence-electron chi connectivity index (χ1n) is 19.3. The lowest BCUT2D eigenvalue weighted by atomic mass is 9.98. The van der Waals surface area contributed by atoms with E-state index in [1.807, 2.05) is 17.5 Å². The van der Waals surface area contributed by atoms with Crippen LogP contribution < -0.4 is 0 Å². The molecule has 0 radical (unpaired) electrons. The maximum Gasteiger partial charge on any atom is 0.235 e. The summed E-state index contributed by atoms with van der Waals surface area (Å²) in [5, 5.41) is 13.2. The highest BCUT2D eigenvalue weighted by Gasteiger charge is 2.23. The summed E-state index contributed by atoms with van der Waals surface area (Å²) in [5.41, 5.74) is 9.20. The Kier molecular flexibility index (Phi) is 6.29. The van der Waals surface area contributed by atoms with E-state index >= 15 is 0 Å². The van der Waals surface area contributed by atoms with Gasteiger partial charge in [-0.15, -0.1) is 11.3 Å². The Morgan fingerprint density at radius 3 is 1.61 bits per heavy atom. The fourth-order valence-electron chi connectivity index (χ4n) is 9.58. The van der Waals surface area contributed by atoms with E-state index in [4.69, 9.17) is 9.97 Å². The fraction of sp³-hybridized carbons (Fsp3) is 0. The van der Waals surface area contributed by atoms with E-state index in [0.29, 0.717) is 5.95 Å². The third-order valence-electron chi connectivity index (χ3n) is 12.0. The highest BCUT2D eigenvalue weighted by molar-refractivity contribution is 7.26. The Hall–Kier alpha value is -7.34. The van der Waals surface area contributed by atoms with E-state index in [0.717, 1.165) is 27.3 Å². The average molecular weight is 743 g/mol. The second-order valence-corrected chi connectivity index (χ2v) is 15.9. The molecule has 0 spiro atoms. The maximum absolute atomic E-state index is 5.42. The van der Waals surface area contributed by atoms with Gasteiger partial charge in [0.1, 0.15) is 0 Å². The monoisotopic (exact) mass is 742 g/mol. The summed E-state index contributed by atoms with van der Waals surface area (Å²) in [6.07, 6.45) is 2.02. The molecule has 0 aliphatic carbocycles. The van der Waals surface area contributed by atoms with Crippen molar-refractivity contribution in [2.45, 2.75) is 0 Å². The highest BCUT2D eigenvalue weighted by Crippen LogP contribution is 2.46. The molecule has 0 N–H and O–H groups in total. The highest BCUT2D eigenvalue weighted by atomic mass is 32.1. The molecule has 264 valence electrons. The van der Waals surface area contributed by atoms with Crippen molar-refractivity contribution < 1.29 is 0 Å². The minimum Gasteiger partial charge on any atom is -0.308 e. The Morgan fingerprint density at radius 2 is 0.895 bits per heavy atom. The van der Waals surface area contributed by atoms with Crippen LogP contribution in [-0.2, 0) is 0 Å². The lowest BCUT2D eigenvalue weighted by molar-refractivity contribution is 1.01. The van der Waals surface area contributed by atoms with Gasteiger partial charge in [-0.25, -0.2) is 9.97 Å². The van der Waals surface area contributed by atoms with Crippen LogP contribution in [-0.4, -0.2) is 19.1 Å². The summed E-state index contributed by atoms with van der Waals surface area (Å²) >= 11 is 1.89. The minimum absolute atomic E-state index is 0.668. The SMILES string of the molecule is c1ccc(-c2cccc3c2sc2c(-n4c5ccccc5c5c6c7ccccc7n(-c7ncc8c9ccccc9c9ccccc9c8n7)c6ccc54)cccc23)cc1. The molecule has 0 fully saturated rings. The van der Waals surface area contributed by atoms with Crippen LogP contribution in [0.1, 0.15) is 0 Å². The van der Waals surface area contributed by atoms with Gasteiger partial charge in [0.05, 0.1) is 38.0 Å². The molecule has 57 heavy (non-hydrogen) atoms. The van der Waals surface area contributed by atoms with E-state index in [1.54, 1.807) is 0 Å². The van der Waals surface area contributed by atoms with Crippen molar-refractivity contribution in [3.8, 4) is 22.8 Å². The molecule has 0 unspecified atom stereocenters. The molecule has 0 saturated carbocycles. The van der Waals surface area contributed by atoms with Crippen molar-refractivity contribution in [2.75, 3.05) is 0 Å². The zero-order chi connectivity index (χ0) is 37.2. The predicted molar refractivity (Wildman–Crippen MR) is 242 cm³/mol. The van der Waals surface area contributed by atoms with Crippen molar-refractivity contribution in [1.29, 1.82) is 0 Å². The number of aromatic nitrogens is 4. The van der Waals surface area contributed by atoms with Gasteiger partial charge in [-0.1, -0.05) is 146 Å². The van der Waals surface area contributed by atoms with Crippen molar-refractivity contribution in [1.82, 2.24) is 19.1 Å². The molecule has 5 heteroatoms. The molecule has 13 aromatic rings. The van der Waals surface area contributed by atoms with Crippen LogP contribution in [0.15, 0.2) is 182 Å². The first kappa shape index (κ1) is 30.9. The summed E-state index contributed by atoms with van der Waals surface area (Å²) in [6, 6.07) is 63.6. The molecule has 13 rings (SSSR count). The largest absolute Gasteiger partial charge is 0.308 e. The molecular formula is C52H30N4S. The van der Waals surface area contributed by atoms with Gasteiger partial charge in [-0.2, -0.15) is 0 Å². The molecular weight excluding hydrogens is 713 g/mol. The summed E-state index contributed by atoms with van der Waals surface area (Å²) in [7, 11) is 0. The van der Waals surface area contributed by atoms with Gasteiger partial charge in [0.15, 0.2) is 0 Å². The van der Waals surface area contributed by atoms with Crippen molar-refractivity contribution in [2.24, 2.45) is 0 Å². The third kappa shape index (κ3) is 4.21. The van der Waals surface area contributed by atoms with Gasteiger partial charge in [-0.3, -0.25) is 4.57 Å². The number of benzene rings is 9. The molecule has 0 bridgehead atoms. The van der Waals surface area contributed by atoms with Crippen LogP contribution in [0, 0.1) is 0 Å². The quantitative estimate of drug-likeness (QED) is 0.169. The van der Waals surface area contributed by atoms with E-state index in [9.17, 15) is 0 Å². The fourth-order valence-corrected chi connectivity index (χ4v) is 10.9. The lowest BCUT2D eigenvalue weighted by Gasteiger charge is -2.12. The average Bonchev–Trinajstić information content (AvgIpc) is 3.94. The molecule has 0 aliphatic rings. The molecule has 9 aromatic carbocycles. The second kappa shape index (κ2) is 11.6. The van der Waals surface area contributed by atoms with Gasteiger partial charge >= 0.3 is 0 Å². The van der Waals surface area contributed by atoms with E-state index in [-0.39, 0.29) is 0 Å². The second-order valence-electron chi connectivity index (χ2n) is 14.9. The lowest BCUT2D eigenvalue weighted by Crippen LogP contribution is -2.01. The Morgan fingerprint density at radius 1 is 0.368 bits per heavy atom. The van der Waals surface area contributed by atoms with Crippen LogP contribution in [0.2, 0.25) is 0 Å². The summed E-state index contributed by atoms with van der Waals surface area (Å²) in [5.74, 6) is 0.668. The van der Waals surface area contributed by atoms with Crippen molar-refractivity contribution in [3.05, 3.63) is 182 Å². The molecule has 0 aliphatic heterocycles. The molecule has 4 aromatic heterocycles. The Bertz CT molecular complexity index is 3780. The van der Waals surface area contributed by atoms with E-state index < -0.39 is 0 Å². The maximum atomic E-state index is 5.42. The molecule has 0 amide bonds. The van der Waals surface area contributed by atoms with Crippen LogP contribution in [0.4, 0.5) is 0 Å². The topological polar surface area (TPSA) is 35.6 Å². The van der Waals surface area contributed by atoms with Crippen molar-refractivity contribution in [3.63, 3.8) is 0 Å². The molecule has 4 nitrogen and oxygen atoms in total. The number of nitrogens with zero attached hydrogens (tertiary/aromatic N) is 4. The van der Waals surface area contributed by atoms with Crippen LogP contribution in [0.25, 0.3) is 119 Å². The first-order valence-corrected chi connectivity index (χ1v) is 20.2. The summed E-state index contributed by atoms with van der Waals surface area (Å²) in [6.45, 7) is 0. The number of fused-ring (bicyclic) bond motifs is 16. The molecule has 4 heterocycles. The summed E-state index contributed by atoms with van der Waals surface area (Å²) < 4.78 is 7.34. The number of thiophene rings is 1. The smallest absolute Gasteiger partial charge is 0.235 e. The Balaban J connectivity index is 1.11. The van der Waals surface area contributed by atoms with Gasteiger partial charge in [0.25, 0.3) is 0 Å². The van der Waals surface area contributed by atoms with E-state index in [1.165, 1.54) is 85.7 Å². The number of hydrogen-bond acceptors (Lipinski definition) is 3. The Labute approximate surface area is 330 Å². The van der Waals surface area contributed by atoms with Crippen LogP contribution >= 0.6 is 11.3 Å². The van der Waals surface area contributed by atoms with Crippen LogP contribution in [0.5, 0.6) is 0 Å². The number of para-hydroxylation sites is 2. The van der Waals surface area contributed by atoms with Crippen molar-refractivity contribution >= 4 is 108 Å². The van der Waals surface area contributed by atoms with Crippen LogP contribution in [0.3, 0.4) is 0 Å². The van der Waals surface area contributed by atoms with Gasteiger partial charge in [-0.05, 0) is 57.6 Å². The van der Waals surface area contributed by atoms with Gasteiger partial charge < -0.3 is 4.57 Å².